The predicted molar refractivity (Wildman–Crippen MR) is 128 cm³/mol. The van der Waals surface area contributed by atoms with E-state index in [1.165, 1.54) is 11.9 Å². The molecular formula is C22H22N6OS2. The minimum absolute atomic E-state index is 0.00508. The Balaban J connectivity index is 1.30. The van der Waals surface area contributed by atoms with Gasteiger partial charge in [0.15, 0.2) is 5.82 Å². The van der Waals surface area contributed by atoms with Crippen LogP contribution < -0.4 is 10.5 Å². The van der Waals surface area contributed by atoms with Crippen LogP contribution in [0.5, 0.6) is 0 Å². The van der Waals surface area contributed by atoms with Gasteiger partial charge >= 0.3 is 0 Å². The van der Waals surface area contributed by atoms with Crippen molar-refractivity contribution in [3.05, 3.63) is 77.2 Å². The van der Waals surface area contributed by atoms with Crippen molar-refractivity contribution in [1.29, 1.82) is 0 Å². The summed E-state index contributed by atoms with van der Waals surface area (Å²) in [5.41, 5.74) is 1.80. The first kappa shape index (κ1) is 20.2. The molecule has 0 N–H and O–H groups in total. The van der Waals surface area contributed by atoms with Gasteiger partial charge in [0.05, 0.1) is 16.6 Å². The summed E-state index contributed by atoms with van der Waals surface area (Å²) in [6.45, 7) is 3.74. The van der Waals surface area contributed by atoms with E-state index in [9.17, 15) is 4.79 Å². The van der Waals surface area contributed by atoms with Crippen LogP contribution in [0, 0.1) is 0 Å². The first-order valence-electron chi connectivity index (χ1n) is 10.1. The molecule has 1 aliphatic heterocycles. The summed E-state index contributed by atoms with van der Waals surface area (Å²) >= 11 is 3.28. The van der Waals surface area contributed by atoms with Crippen molar-refractivity contribution < 1.29 is 0 Å². The lowest BCUT2D eigenvalue weighted by molar-refractivity contribution is 0.427. The smallest absolute Gasteiger partial charge is 0.280 e. The Morgan fingerprint density at radius 1 is 0.903 bits per heavy atom. The highest BCUT2D eigenvalue weighted by molar-refractivity contribution is 7.97. The second-order valence-electron chi connectivity index (χ2n) is 7.17. The summed E-state index contributed by atoms with van der Waals surface area (Å²) < 4.78 is 6.06. The largest absolute Gasteiger partial charge is 0.352 e. The topological polar surface area (TPSA) is 59.2 Å². The second kappa shape index (κ2) is 8.78. The van der Waals surface area contributed by atoms with E-state index in [-0.39, 0.29) is 5.56 Å². The molecule has 0 spiro atoms. The molecule has 1 fully saturated rings. The summed E-state index contributed by atoms with van der Waals surface area (Å²) in [6, 6.07) is 19.9. The highest BCUT2D eigenvalue weighted by atomic mass is 32.2. The van der Waals surface area contributed by atoms with E-state index in [2.05, 4.69) is 31.5 Å². The van der Waals surface area contributed by atoms with Gasteiger partial charge in [0.25, 0.3) is 5.56 Å². The van der Waals surface area contributed by atoms with Gasteiger partial charge in [-0.3, -0.25) is 4.79 Å². The zero-order valence-electron chi connectivity index (χ0n) is 17.1. The molecule has 4 aromatic rings. The monoisotopic (exact) mass is 450 g/mol. The number of para-hydroxylation sites is 1. The molecule has 0 unspecified atom stereocenters. The molecule has 3 heterocycles. The zero-order chi connectivity index (χ0) is 21.2. The highest BCUT2D eigenvalue weighted by Gasteiger charge is 2.19. The van der Waals surface area contributed by atoms with E-state index in [1.54, 1.807) is 22.8 Å². The Kier molecular flexibility index (Phi) is 5.71. The number of hydrogen-bond acceptors (Lipinski definition) is 7. The van der Waals surface area contributed by atoms with Crippen molar-refractivity contribution in [2.45, 2.75) is 4.90 Å². The summed E-state index contributed by atoms with van der Waals surface area (Å²) in [7, 11) is 0. The number of piperazine rings is 1. The molecular weight excluding hydrogens is 428 g/mol. The standard InChI is InChI=1S/C22H22N6OS2/c1-30-28-20-6-3-2-5-19(20)22(29)27(28)17-8-10-18(11-9-17)31-26-15-13-25(14-16-26)21-7-4-12-23-24-21/h2-12H,13-16H2,1H3. The summed E-state index contributed by atoms with van der Waals surface area (Å²) in [4.78, 5) is 16.4. The third-order valence-corrected chi connectivity index (χ3v) is 7.14. The number of rotatable bonds is 5. The zero-order valence-corrected chi connectivity index (χ0v) is 18.7. The summed E-state index contributed by atoms with van der Waals surface area (Å²) in [5.74, 6) is 0.936. The van der Waals surface area contributed by atoms with Crippen molar-refractivity contribution in [2.24, 2.45) is 0 Å². The molecule has 31 heavy (non-hydrogen) atoms. The molecule has 2 aromatic carbocycles. The van der Waals surface area contributed by atoms with Gasteiger partial charge < -0.3 is 4.90 Å². The van der Waals surface area contributed by atoms with Crippen molar-refractivity contribution >= 4 is 40.6 Å². The average molecular weight is 451 g/mol. The third kappa shape index (κ3) is 3.96. The first-order chi connectivity index (χ1) is 15.2. The molecule has 0 bridgehead atoms. The lowest BCUT2D eigenvalue weighted by Gasteiger charge is -2.34. The van der Waals surface area contributed by atoms with Crippen LogP contribution in [0.2, 0.25) is 0 Å². The third-order valence-electron chi connectivity index (χ3n) is 5.32. The Morgan fingerprint density at radius 2 is 1.68 bits per heavy atom. The molecule has 0 saturated carbocycles. The Labute approximate surface area is 188 Å². The number of aromatic nitrogens is 4. The molecule has 1 aliphatic rings. The van der Waals surface area contributed by atoms with Crippen molar-refractivity contribution in [2.75, 3.05) is 37.3 Å². The van der Waals surface area contributed by atoms with E-state index < -0.39 is 0 Å². The number of hydrogen-bond donors (Lipinski definition) is 0. The van der Waals surface area contributed by atoms with Gasteiger partial charge in [-0.2, -0.15) is 5.10 Å². The van der Waals surface area contributed by atoms with Gasteiger partial charge in [0.2, 0.25) is 0 Å². The molecule has 0 atom stereocenters. The molecule has 0 aliphatic carbocycles. The van der Waals surface area contributed by atoms with Crippen LogP contribution in [0.25, 0.3) is 16.6 Å². The molecule has 7 nitrogen and oxygen atoms in total. The van der Waals surface area contributed by atoms with Gasteiger partial charge in [-0.1, -0.05) is 12.1 Å². The Morgan fingerprint density at radius 3 is 2.39 bits per heavy atom. The first-order valence-corrected chi connectivity index (χ1v) is 12.0. The predicted octanol–water partition coefficient (Wildman–Crippen LogP) is 3.54. The van der Waals surface area contributed by atoms with Crippen LogP contribution >= 0.6 is 23.9 Å². The van der Waals surface area contributed by atoms with Crippen LogP contribution in [0.4, 0.5) is 5.82 Å². The van der Waals surface area contributed by atoms with E-state index >= 15 is 0 Å². The molecule has 9 heteroatoms. The van der Waals surface area contributed by atoms with Crippen LogP contribution in [0.1, 0.15) is 0 Å². The minimum Gasteiger partial charge on any atom is -0.352 e. The van der Waals surface area contributed by atoms with Crippen molar-refractivity contribution in [3.63, 3.8) is 0 Å². The Bertz CT molecular complexity index is 1230. The van der Waals surface area contributed by atoms with Crippen LogP contribution in [-0.4, -0.2) is 55.7 Å². The van der Waals surface area contributed by atoms with E-state index in [0.29, 0.717) is 0 Å². The molecule has 0 radical (unpaired) electrons. The van der Waals surface area contributed by atoms with Gasteiger partial charge in [-0.25, -0.2) is 13.1 Å². The van der Waals surface area contributed by atoms with E-state index in [4.69, 9.17) is 0 Å². The Hall–Kier alpha value is -2.75. The van der Waals surface area contributed by atoms with Crippen LogP contribution in [0.15, 0.2) is 76.6 Å². The number of fused-ring (bicyclic) bond motifs is 1. The fourth-order valence-electron chi connectivity index (χ4n) is 3.80. The fraction of sp³-hybridized carbons (Fsp3) is 0.227. The van der Waals surface area contributed by atoms with Crippen molar-refractivity contribution in [3.8, 4) is 5.69 Å². The molecule has 0 amide bonds. The maximum absolute atomic E-state index is 13.0. The van der Waals surface area contributed by atoms with Gasteiger partial charge in [0, 0.05) is 43.5 Å². The SMILES string of the molecule is CSn1c2ccccc2c(=O)n1-c1ccc(SN2CCN(c3cccnn3)CC2)cc1. The number of anilines is 1. The molecule has 5 rings (SSSR count). The summed E-state index contributed by atoms with van der Waals surface area (Å²) in [6.07, 6.45) is 3.68. The molecule has 158 valence electrons. The van der Waals surface area contributed by atoms with Crippen molar-refractivity contribution in [1.82, 2.24) is 23.3 Å². The molecule has 2 aromatic heterocycles. The van der Waals surface area contributed by atoms with Crippen LogP contribution in [0.3, 0.4) is 0 Å². The van der Waals surface area contributed by atoms with Crippen LogP contribution in [-0.2, 0) is 0 Å². The lowest BCUT2D eigenvalue weighted by Crippen LogP contribution is -2.43. The number of benzene rings is 2. The lowest BCUT2D eigenvalue weighted by atomic mass is 10.2. The van der Waals surface area contributed by atoms with Gasteiger partial charge in [-0.05, 0) is 72.4 Å². The van der Waals surface area contributed by atoms with E-state index in [0.717, 1.165) is 53.5 Å². The normalized spacial score (nSPS) is 14.9. The average Bonchev–Trinajstić information content (AvgIpc) is 3.12. The maximum atomic E-state index is 13.0. The second-order valence-corrected chi connectivity index (χ2v) is 9.05. The van der Waals surface area contributed by atoms with E-state index in [1.807, 2.05) is 58.9 Å². The molecule has 1 saturated heterocycles. The van der Waals surface area contributed by atoms with Gasteiger partial charge in [0.1, 0.15) is 0 Å². The summed E-state index contributed by atoms with van der Waals surface area (Å²) in [5, 5.41) is 8.91. The maximum Gasteiger partial charge on any atom is 0.280 e. The highest BCUT2D eigenvalue weighted by Crippen LogP contribution is 2.26. The van der Waals surface area contributed by atoms with Gasteiger partial charge in [-0.15, -0.1) is 5.10 Å². The minimum atomic E-state index is 0.00508. The number of nitrogens with zero attached hydrogens (tertiary/aromatic N) is 6. The quantitative estimate of drug-likeness (QED) is 0.431. The fourth-order valence-corrected chi connectivity index (χ4v) is 5.39.